The second-order valence-electron chi connectivity index (χ2n) is 9.33. The highest BCUT2D eigenvalue weighted by Crippen LogP contribution is 2.55. The minimum absolute atomic E-state index is 0.665. The number of benzene rings is 4. The van der Waals surface area contributed by atoms with Crippen molar-refractivity contribution in [3.63, 3.8) is 0 Å². The van der Waals surface area contributed by atoms with Crippen molar-refractivity contribution in [2.24, 2.45) is 0 Å². The molecule has 1 saturated heterocycles. The molecule has 2 unspecified atom stereocenters. The van der Waals surface area contributed by atoms with Crippen molar-refractivity contribution in [3.8, 4) is 0 Å². The number of hydrogen-bond donors (Lipinski definition) is 0. The van der Waals surface area contributed by atoms with E-state index in [4.69, 9.17) is 8.37 Å². The topological polar surface area (TPSA) is 52.6 Å². The van der Waals surface area contributed by atoms with Crippen LogP contribution in [-0.4, -0.2) is 8.42 Å². The predicted octanol–water partition coefficient (Wildman–Crippen LogP) is 1.62. The van der Waals surface area contributed by atoms with Gasteiger partial charge in [-0.15, -0.1) is 0 Å². The molecule has 2 aliphatic rings. The van der Waals surface area contributed by atoms with Gasteiger partial charge in [0.1, 0.15) is 12.2 Å². The molecule has 4 nitrogen and oxygen atoms in total. The van der Waals surface area contributed by atoms with E-state index in [0.29, 0.717) is 10.4 Å². The lowest BCUT2D eigenvalue weighted by atomic mass is 9.83. The molecule has 158 valence electrons. The standard InChI is InChI=1S/C28H16O4S/c1-9-10(2)16-8-18-12(4)14(6)20-25-23(18)26-21(16)15(9)7-17-11(3)13(5)19(24(25)22(17)26)27-28(20)32-33(29,30)31-27/h7-8,27-28H,1-6H2. The van der Waals surface area contributed by atoms with Gasteiger partial charge in [-0.05, 0) is 97.3 Å². The molecule has 1 aliphatic carbocycles. The third-order valence-electron chi connectivity index (χ3n) is 8.02. The maximum absolute atomic E-state index is 12.4. The Kier molecular flexibility index (Phi) is 2.65. The highest BCUT2D eigenvalue weighted by Gasteiger charge is 2.48. The largest absolute Gasteiger partial charge is 0.401 e. The molecule has 0 saturated carbocycles. The van der Waals surface area contributed by atoms with Crippen molar-refractivity contribution in [1.82, 2.24) is 0 Å². The zero-order chi connectivity index (χ0) is 22.9. The second kappa shape index (κ2) is 4.87. The van der Waals surface area contributed by atoms with Gasteiger partial charge in [0.2, 0.25) is 0 Å². The number of fused-ring (bicyclic) bond motifs is 3. The predicted molar refractivity (Wildman–Crippen MR) is 135 cm³/mol. The van der Waals surface area contributed by atoms with Gasteiger partial charge in [-0.25, -0.2) is 8.37 Å². The van der Waals surface area contributed by atoms with Crippen molar-refractivity contribution in [2.75, 3.05) is 0 Å². The highest BCUT2D eigenvalue weighted by molar-refractivity contribution is 7.82. The Balaban J connectivity index is 1.90. The average Bonchev–Trinajstić information content (AvgIpc) is 3.36. The second-order valence-corrected chi connectivity index (χ2v) is 10.5. The van der Waals surface area contributed by atoms with Crippen molar-refractivity contribution in [3.05, 3.63) is 54.6 Å². The first-order chi connectivity index (χ1) is 15.6. The van der Waals surface area contributed by atoms with Crippen molar-refractivity contribution >= 4 is 104 Å². The van der Waals surface area contributed by atoms with Gasteiger partial charge < -0.3 is 0 Å². The summed E-state index contributed by atoms with van der Waals surface area (Å²) in [4.78, 5) is 0. The Morgan fingerprint density at radius 2 is 0.879 bits per heavy atom. The van der Waals surface area contributed by atoms with Crippen LogP contribution in [0, 0.1) is 0 Å². The molecule has 0 bridgehead atoms. The smallest absolute Gasteiger partial charge is 0.237 e. The summed E-state index contributed by atoms with van der Waals surface area (Å²) in [5.41, 5.74) is 1.46. The lowest BCUT2D eigenvalue weighted by Gasteiger charge is -2.25. The first-order valence-electron chi connectivity index (χ1n) is 10.6. The third kappa shape index (κ3) is 1.64. The van der Waals surface area contributed by atoms with Gasteiger partial charge in [0.15, 0.2) is 0 Å². The normalized spacial score (nSPS) is 21.7. The van der Waals surface area contributed by atoms with Crippen molar-refractivity contribution < 1.29 is 16.8 Å². The Morgan fingerprint density at radius 1 is 0.515 bits per heavy atom. The van der Waals surface area contributed by atoms with Gasteiger partial charge in [0, 0.05) is 11.1 Å². The van der Waals surface area contributed by atoms with Gasteiger partial charge in [-0.1, -0.05) is 39.5 Å². The van der Waals surface area contributed by atoms with Crippen LogP contribution in [-0.2, 0) is 18.8 Å². The van der Waals surface area contributed by atoms with E-state index in [1.165, 1.54) is 0 Å². The molecule has 33 heavy (non-hydrogen) atoms. The van der Waals surface area contributed by atoms with E-state index in [0.717, 1.165) is 85.9 Å². The first kappa shape index (κ1) is 18.0. The summed E-state index contributed by atoms with van der Waals surface area (Å²) < 4.78 is 35.9. The minimum atomic E-state index is -4.17. The zero-order valence-corrected chi connectivity index (χ0v) is 18.4. The van der Waals surface area contributed by atoms with Crippen LogP contribution in [0.25, 0.3) is 93.3 Å². The van der Waals surface area contributed by atoms with E-state index in [1.54, 1.807) is 0 Å². The lowest BCUT2D eigenvalue weighted by molar-refractivity contribution is 0.158. The molecule has 6 aromatic rings. The summed E-state index contributed by atoms with van der Waals surface area (Å²) in [6.07, 6.45) is -1.68. The summed E-state index contributed by atoms with van der Waals surface area (Å²) in [7, 11) is -4.17. The summed E-state index contributed by atoms with van der Waals surface area (Å²) >= 11 is 0. The van der Waals surface area contributed by atoms with E-state index >= 15 is 0 Å². The molecule has 5 heteroatoms. The van der Waals surface area contributed by atoms with E-state index in [9.17, 15) is 8.42 Å². The average molecular weight is 448 g/mol. The van der Waals surface area contributed by atoms with Crippen LogP contribution in [0.5, 0.6) is 0 Å². The molecule has 0 radical (unpaired) electrons. The molecular weight excluding hydrogens is 432 g/mol. The van der Waals surface area contributed by atoms with Gasteiger partial charge in [0.05, 0.1) is 0 Å². The molecule has 0 spiro atoms. The molecule has 0 N–H and O–H groups in total. The Labute approximate surface area is 187 Å². The summed E-state index contributed by atoms with van der Waals surface area (Å²) in [5, 5.41) is 14.9. The molecule has 6 aromatic carbocycles. The summed E-state index contributed by atoms with van der Waals surface area (Å²) in [5.74, 6) is 0. The van der Waals surface area contributed by atoms with Crippen LogP contribution in [0.4, 0.5) is 0 Å². The maximum atomic E-state index is 12.4. The fraction of sp³-hybridized carbons (Fsp3) is 0.0714. The molecule has 1 fully saturated rings. The molecule has 8 rings (SSSR count). The van der Waals surface area contributed by atoms with Crippen LogP contribution in [0.15, 0.2) is 12.1 Å². The van der Waals surface area contributed by atoms with Crippen LogP contribution in [0.2, 0.25) is 0 Å². The summed E-state index contributed by atoms with van der Waals surface area (Å²) in [6.45, 7) is 25.9. The quantitative estimate of drug-likeness (QED) is 0.332. The number of hydrogen-bond acceptors (Lipinski definition) is 4. The van der Waals surface area contributed by atoms with Crippen LogP contribution < -0.4 is 31.3 Å². The molecule has 1 aliphatic heterocycles. The van der Waals surface area contributed by atoms with E-state index in [2.05, 4.69) is 51.6 Å². The van der Waals surface area contributed by atoms with Gasteiger partial charge >= 0.3 is 10.4 Å². The fourth-order valence-electron chi connectivity index (χ4n) is 6.58. The van der Waals surface area contributed by atoms with Crippen molar-refractivity contribution in [1.29, 1.82) is 0 Å². The van der Waals surface area contributed by atoms with Crippen molar-refractivity contribution in [2.45, 2.75) is 12.2 Å². The van der Waals surface area contributed by atoms with E-state index in [-0.39, 0.29) is 0 Å². The first-order valence-corrected chi connectivity index (χ1v) is 11.9. The fourth-order valence-corrected chi connectivity index (χ4v) is 7.53. The lowest BCUT2D eigenvalue weighted by Crippen LogP contribution is -2.35. The maximum Gasteiger partial charge on any atom is 0.401 e. The Bertz CT molecular complexity index is 2210. The molecule has 0 aromatic heterocycles. The molecule has 2 atom stereocenters. The Hall–Kier alpha value is -3.51. The van der Waals surface area contributed by atoms with E-state index < -0.39 is 22.6 Å². The SMILES string of the molecule is C=c1c2c3c4c(c(=C)c(=C)c5cc6c(=C)c(=C)c7cc(c1=C)c3c(c76)c54)C1OS(=O)(=O)OC21. The molecule has 0 amide bonds. The van der Waals surface area contributed by atoms with E-state index in [1.807, 2.05) is 0 Å². The van der Waals surface area contributed by atoms with Gasteiger partial charge in [-0.3, -0.25) is 0 Å². The minimum Gasteiger partial charge on any atom is -0.237 e. The van der Waals surface area contributed by atoms with Crippen LogP contribution >= 0.6 is 0 Å². The highest BCUT2D eigenvalue weighted by atomic mass is 32.3. The van der Waals surface area contributed by atoms with Gasteiger partial charge in [-0.2, -0.15) is 8.42 Å². The van der Waals surface area contributed by atoms with Crippen LogP contribution in [0.1, 0.15) is 23.3 Å². The number of rotatable bonds is 0. The summed E-state index contributed by atoms with van der Waals surface area (Å²) in [6, 6.07) is 4.25. The van der Waals surface area contributed by atoms with Crippen LogP contribution in [0.3, 0.4) is 0 Å². The van der Waals surface area contributed by atoms with Gasteiger partial charge in [0.25, 0.3) is 0 Å². The zero-order valence-electron chi connectivity index (χ0n) is 17.6. The Morgan fingerprint density at radius 3 is 1.30 bits per heavy atom. The molecule has 1 heterocycles. The molecular formula is C28H16O4S. The third-order valence-corrected chi connectivity index (χ3v) is 8.91. The monoisotopic (exact) mass is 448 g/mol.